The number of thioether (sulfide) groups is 1. The number of hydrogen-bond acceptors (Lipinski definition) is 5. The Kier molecular flexibility index (Phi) is 6.95. The second-order valence-corrected chi connectivity index (χ2v) is 8.04. The van der Waals surface area contributed by atoms with Crippen molar-refractivity contribution in [2.75, 3.05) is 24.8 Å². The summed E-state index contributed by atoms with van der Waals surface area (Å²) in [5.74, 6) is -0.0422. The number of rotatable bonds is 7. The van der Waals surface area contributed by atoms with E-state index in [0.29, 0.717) is 34.2 Å². The molecule has 29 heavy (non-hydrogen) atoms. The van der Waals surface area contributed by atoms with E-state index >= 15 is 0 Å². The van der Waals surface area contributed by atoms with E-state index in [9.17, 15) is 9.59 Å². The number of ether oxygens (including phenoxy) is 1. The van der Waals surface area contributed by atoms with Gasteiger partial charge in [-0.25, -0.2) is 4.98 Å². The maximum atomic E-state index is 12.9. The van der Waals surface area contributed by atoms with Crippen LogP contribution in [-0.2, 0) is 16.1 Å². The summed E-state index contributed by atoms with van der Waals surface area (Å²) >= 11 is 7.26. The predicted octanol–water partition coefficient (Wildman–Crippen LogP) is 4.04. The molecular weight excluding hydrogens is 410 g/mol. The summed E-state index contributed by atoms with van der Waals surface area (Å²) in [6.07, 6.45) is 0. The Morgan fingerprint density at radius 1 is 1.24 bits per heavy atom. The van der Waals surface area contributed by atoms with Gasteiger partial charge < -0.3 is 10.1 Å². The Bertz CT molecular complexity index is 1110. The molecule has 0 unspecified atom stereocenters. The Morgan fingerprint density at radius 2 is 2.03 bits per heavy atom. The average Bonchev–Trinajstić information content (AvgIpc) is 2.68. The lowest BCUT2D eigenvalue weighted by Crippen LogP contribution is -2.26. The number of carbonyl (C=O) groups excluding carboxylic acids is 1. The number of hydrogen-bond donors (Lipinski definition) is 1. The van der Waals surface area contributed by atoms with Gasteiger partial charge in [0.2, 0.25) is 5.91 Å². The number of methoxy groups -OCH3 is 1. The molecule has 152 valence electrons. The lowest BCUT2D eigenvalue weighted by atomic mass is 10.1. The summed E-state index contributed by atoms with van der Waals surface area (Å²) in [4.78, 5) is 29.9. The maximum absolute atomic E-state index is 12.9. The lowest BCUT2D eigenvalue weighted by Gasteiger charge is -2.13. The number of halogens is 1. The zero-order valence-electron chi connectivity index (χ0n) is 16.5. The Labute approximate surface area is 178 Å². The molecular formula is C21H22ClN3O3S. The SMILES string of the molecule is COCCn1c(SCC(=O)Nc2ccc(C)cc2C)nc2cc(Cl)ccc2c1=O. The second-order valence-electron chi connectivity index (χ2n) is 6.66. The van der Waals surface area contributed by atoms with Crippen LogP contribution in [0.4, 0.5) is 5.69 Å². The fourth-order valence-corrected chi connectivity index (χ4v) is 3.93. The number of nitrogens with zero attached hydrogens (tertiary/aromatic N) is 2. The van der Waals surface area contributed by atoms with E-state index in [1.807, 2.05) is 32.0 Å². The Morgan fingerprint density at radius 3 is 2.76 bits per heavy atom. The minimum absolute atomic E-state index is 0.124. The molecule has 0 atom stereocenters. The fourth-order valence-electron chi connectivity index (χ4n) is 2.93. The van der Waals surface area contributed by atoms with Crippen molar-refractivity contribution in [3.63, 3.8) is 0 Å². The smallest absolute Gasteiger partial charge is 0.262 e. The van der Waals surface area contributed by atoms with Crippen molar-refractivity contribution in [2.45, 2.75) is 25.5 Å². The highest BCUT2D eigenvalue weighted by Gasteiger charge is 2.14. The van der Waals surface area contributed by atoms with Gasteiger partial charge in [0.05, 0.1) is 29.8 Å². The van der Waals surface area contributed by atoms with Crippen molar-refractivity contribution in [1.29, 1.82) is 0 Å². The first-order valence-corrected chi connectivity index (χ1v) is 10.4. The highest BCUT2D eigenvalue weighted by molar-refractivity contribution is 7.99. The van der Waals surface area contributed by atoms with Crippen molar-refractivity contribution < 1.29 is 9.53 Å². The number of anilines is 1. The van der Waals surface area contributed by atoms with E-state index < -0.39 is 0 Å². The van der Waals surface area contributed by atoms with E-state index in [1.165, 1.54) is 16.3 Å². The van der Waals surface area contributed by atoms with Gasteiger partial charge in [-0.15, -0.1) is 0 Å². The molecule has 8 heteroatoms. The van der Waals surface area contributed by atoms with E-state index in [-0.39, 0.29) is 17.2 Å². The fraction of sp³-hybridized carbons (Fsp3) is 0.286. The summed E-state index contributed by atoms with van der Waals surface area (Å²) in [7, 11) is 1.57. The van der Waals surface area contributed by atoms with Gasteiger partial charge >= 0.3 is 0 Å². The molecule has 0 aliphatic carbocycles. The molecule has 1 aromatic heterocycles. The van der Waals surface area contributed by atoms with Crippen LogP contribution in [0, 0.1) is 13.8 Å². The second kappa shape index (κ2) is 9.43. The highest BCUT2D eigenvalue weighted by atomic mass is 35.5. The Balaban J connectivity index is 1.83. The third kappa shape index (κ3) is 5.18. The van der Waals surface area contributed by atoms with Gasteiger partial charge in [0.25, 0.3) is 5.56 Å². The molecule has 1 heterocycles. The van der Waals surface area contributed by atoms with Crippen LogP contribution in [0.15, 0.2) is 46.3 Å². The van der Waals surface area contributed by atoms with Gasteiger partial charge in [-0.2, -0.15) is 0 Å². The summed E-state index contributed by atoms with van der Waals surface area (Å²) < 4.78 is 6.65. The van der Waals surface area contributed by atoms with E-state index in [1.54, 1.807) is 25.3 Å². The van der Waals surface area contributed by atoms with Crippen LogP contribution in [-0.4, -0.2) is 34.9 Å². The van der Waals surface area contributed by atoms with Crippen LogP contribution in [0.5, 0.6) is 0 Å². The van der Waals surface area contributed by atoms with Crippen LogP contribution in [0.1, 0.15) is 11.1 Å². The van der Waals surface area contributed by atoms with Crippen molar-refractivity contribution >= 4 is 45.9 Å². The van der Waals surface area contributed by atoms with Crippen molar-refractivity contribution in [1.82, 2.24) is 9.55 Å². The zero-order chi connectivity index (χ0) is 21.0. The molecule has 0 fully saturated rings. The summed E-state index contributed by atoms with van der Waals surface area (Å²) in [5.41, 5.74) is 3.24. The predicted molar refractivity (Wildman–Crippen MR) is 118 cm³/mol. The number of aryl methyl sites for hydroxylation is 2. The topological polar surface area (TPSA) is 73.2 Å². The molecule has 0 saturated heterocycles. The molecule has 6 nitrogen and oxygen atoms in total. The third-order valence-electron chi connectivity index (χ3n) is 4.39. The first kappa shape index (κ1) is 21.4. The molecule has 1 amide bonds. The maximum Gasteiger partial charge on any atom is 0.262 e. The van der Waals surface area contributed by atoms with Crippen LogP contribution < -0.4 is 10.9 Å². The number of nitrogens with one attached hydrogen (secondary N) is 1. The highest BCUT2D eigenvalue weighted by Crippen LogP contribution is 2.21. The van der Waals surface area contributed by atoms with Gasteiger partial charge in [0, 0.05) is 17.8 Å². The zero-order valence-corrected chi connectivity index (χ0v) is 18.1. The van der Waals surface area contributed by atoms with Crippen LogP contribution in [0.25, 0.3) is 10.9 Å². The largest absolute Gasteiger partial charge is 0.383 e. The monoisotopic (exact) mass is 431 g/mol. The van der Waals surface area contributed by atoms with Gasteiger partial charge in [-0.3, -0.25) is 14.2 Å². The molecule has 0 saturated carbocycles. The number of fused-ring (bicyclic) bond motifs is 1. The molecule has 3 aromatic rings. The number of amides is 1. The molecule has 0 aliphatic rings. The third-order valence-corrected chi connectivity index (χ3v) is 5.60. The summed E-state index contributed by atoms with van der Waals surface area (Å²) in [6.45, 7) is 4.67. The molecule has 0 radical (unpaired) electrons. The quantitative estimate of drug-likeness (QED) is 0.451. The van der Waals surface area contributed by atoms with Crippen molar-refractivity contribution in [2.24, 2.45) is 0 Å². The van der Waals surface area contributed by atoms with Crippen LogP contribution in [0.3, 0.4) is 0 Å². The van der Waals surface area contributed by atoms with Gasteiger partial charge in [-0.1, -0.05) is 41.1 Å². The van der Waals surface area contributed by atoms with Crippen LogP contribution >= 0.6 is 23.4 Å². The molecule has 0 bridgehead atoms. The average molecular weight is 432 g/mol. The lowest BCUT2D eigenvalue weighted by molar-refractivity contribution is -0.113. The van der Waals surface area contributed by atoms with Crippen molar-refractivity contribution in [3.05, 3.63) is 62.9 Å². The molecule has 0 spiro atoms. The van der Waals surface area contributed by atoms with Gasteiger partial charge in [-0.05, 0) is 43.7 Å². The van der Waals surface area contributed by atoms with E-state index in [2.05, 4.69) is 10.3 Å². The van der Waals surface area contributed by atoms with Gasteiger partial charge in [0.15, 0.2) is 5.16 Å². The standard InChI is InChI=1S/C21H22ClN3O3S/c1-13-4-7-17(14(2)10-13)23-19(26)12-29-21-24-18-11-15(22)5-6-16(18)20(27)25(21)8-9-28-3/h4-7,10-11H,8-9,12H2,1-3H3,(H,23,26). The molecule has 3 rings (SSSR count). The normalized spacial score (nSPS) is 11.0. The number of benzene rings is 2. The number of aromatic nitrogens is 2. The van der Waals surface area contributed by atoms with Gasteiger partial charge in [0.1, 0.15) is 0 Å². The Hall–Kier alpha value is -2.35. The molecule has 1 N–H and O–H groups in total. The van der Waals surface area contributed by atoms with Crippen LogP contribution in [0.2, 0.25) is 5.02 Å². The van der Waals surface area contributed by atoms with Crippen molar-refractivity contribution in [3.8, 4) is 0 Å². The number of carbonyl (C=O) groups is 1. The molecule has 2 aromatic carbocycles. The molecule has 0 aliphatic heterocycles. The minimum atomic E-state index is -0.180. The summed E-state index contributed by atoms with van der Waals surface area (Å²) in [6, 6.07) is 10.8. The van der Waals surface area contributed by atoms with E-state index in [0.717, 1.165) is 16.8 Å². The first-order valence-electron chi connectivity index (χ1n) is 9.08. The summed E-state index contributed by atoms with van der Waals surface area (Å²) in [5, 5.41) is 4.35. The minimum Gasteiger partial charge on any atom is -0.383 e. The first-order chi connectivity index (χ1) is 13.9. The van der Waals surface area contributed by atoms with E-state index in [4.69, 9.17) is 16.3 Å².